The van der Waals surface area contributed by atoms with E-state index in [1.807, 2.05) is 0 Å². The van der Waals surface area contributed by atoms with Gasteiger partial charge in [-0.2, -0.15) is 8.78 Å². The van der Waals surface area contributed by atoms with Crippen molar-refractivity contribution in [3.05, 3.63) is 77.9 Å². The van der Waals surface area contributed by atoms with E-state index >= 15 is 0 Å². The first-order chi connectivity index (χ1) is 16.1. The molecule has 1 aliphatic heterocycles. The third kappa shape index (κ3) is 3.82. The lowest BCUT2D eigenvalue weighted by Crippen LogP contribution is -2.10. The van der Waals surface area contributed by atoms with Gasteiger partial charge in [0.2, 0.25) is 0 Å². The molecule has 0 saturated carbocycles. The minimum atomic E-state index is -3.40. The largest absolute Gasteiger partial charge is 0.434 e. The maximum absolute atomic E-state index is 15.0. The molecule has 5 rings (SSSR count). The van der Waals surface area contributed by atoms with Gasteiger partial charge in [-0.05, 0) is 29.8 Å². The van der Waals surface area contributed by atoms with Crippen LogP contribution in [0.3, 0.4) is 0 Å². The predicted molar refractivity (Wildman–Crippen MR) is 119 cm³/mol. The Kier molecular flexibility index (Phi) is 5.37. The summed E-state index contributed by atoms with van der Waals surface area (Å²) in [5, 5.41) is 10.6. The Morgan fingerprint density at radius 1 is 1.12 bits per heavy atom. The van der Waals surface area contributed by atoms with Gasteiger partial charge in [0.15, 0.2) is 9.84 Å². The van der Waals surface area contributed by atoms with Gasteiger partial charge < -0.3 is 14.4 Å². The first kappa shape index (κ1) is 22.4. The topological polar surface area (TPSA) is 81.4 Å². The number of hydrogen-bond donors (Lipinski definition) is 1. The molecule has 0 spiro atoms. The Hall–Kier alpha value is -3.37. The van der Waals surface area contributed by atoms with Crippen LogP contribution in [0.25, 0.3) is 22.2 Å². The Balaban J connectivity index is 1.65. The highest BCUT2D eigenvalue weighted by Crippen LogP contribution is 2.44. The quantitative estimate of drug-likeness (QED) is 0.433. The molecular weight excluding hydrogens is 469 g/mol. The number of aliphatic hydroxyl groups is 1. The molecule has 1 unspecified atom stereocenters. The number of halogens is 3. The Morgan fingerprint density at radius 2 is 1.82 bits per heavy atom. The molecule has 2 atom stereocenters. The van der Waals surface area contributed by atoms with Crippen LogP contribution < -0.4 is 4.74 Å². The highest BCUT2D eigenvalue weighted by atomic mass is 32.2. The molecule has 0 radical (unpaired) electrons. The number of fused-ring (bicyclic) bond motifs is 3. The molecule has 10 heteroatoms. The van der Waals surface area contributed by atoms with Crippen molar-refractivity contribution in [1.29, 1.82) is 0 Å². The maximum Gasteiger partial charge on any atom is 0.387 e. The molecule has 0 fully saturated rings. The second-order valence-electron chi connectivity index (χ2n) is 8.14. The normalized spacial score (nSPS) is 17.9. The van der Waals surface area contributed by atoms with E-state index in [9.17, 15) is 26.7 Å². The van der Waals surface area contributed by atoms with E-state index in [0.717, 1.165) is 6.26 Å². The van der Waals surface area contributed by atoms with Crippen molar-refractivity contribution in [2.45, 2.75) is 30.1 Å². The van der Waals surface area contributed by atoms with Crippen molar-refractivity contribution in [1.82, 2.24) is 9.55 Å². The number of ether oxygens (including phenoxy) is 1. The summed E-state index contributed by atoms with van der Waals surface area (Å²) in [5.74, 6) is -0.275. The summed E-state index contributed by atoms with van der Waals surface area (Å²) >= 11 is 0. The lowest BCUT2D eigenvalue weighted by atomic mass is 10.0. The lowest BCUT2D eigenvalue weighted by molar-refractivity contribution is -0.0507. The molecule has 1 aromatic heterocycles. The molecule has 3 aromatic carbocycles. The van der Waals surface area contributed by atoms with Crippen molar-refractivity contribution in [2.75, 3.05) is 6.26 Å². The van der Waals surface area contributed by atoms with Crippen molar-refractivity contribution in [2.24, 2.45) is 0 Å². The minimum absolute atomic E-state index is 0.0110. The van der Waals surface area contributed by atoms with Crippen LogP contribution in [0.5, 0.6) is 5.75 Å². The van der Waals surface area contributed by atoms with Crippen molar-refractivity contribution >= 4 is 20.9 Å². The smallest absolute Gasteiger partial charge is 0.387 e. The van der Waals surface area contributed by atoms with Gasteiger partial charge in [-0.3, -0.25) is 0 Å². The Labute approximate surface area is 193 Å². The maximum atomic E-state index is 15.0. The van der Waals surface area contributed by atoms with Gasteiger partial charge >= 0.3 is 6.61 Å². The van der Waals surface area contributed by atoms with Gasteiger partial charge in [-0.25, -0.2) is 17.8 Å². The number of nitrogens with zero attached hydrogens (tertiary/aromatic N) is 2. The van der Waals surface area contributed by atoms with E-state index in [2.05, 4.69) is 9.72 Å². The number of rotatable bonds is 5. The van der Waals surface area contributed by atoms with E-state index in [1.165, 1.54) is 36.4 Å². The molecule has 6 nitrogen and oxygen atoms in total. The fraction of sp³-hybridized carbons (Fsp3) is 0.208. The van der Waals surface area contributed by atoms with Gasteiger partial charge in [0.05, 0.1) is 22.0 Å². The zero-order valence-corrected chi connectivity index (χ0v) is 18.6. The van der Waals surface area contributed by atoms with Gasteiger partial charge in [-0.1, -0.05) is 30.3 Å². The van der Waals surface area contributed by atoms with E-state index in [-0.39, 0.29) is 22.6 Å². The number of sulfone groups is 1. The zero-order valence-electron chi connectivity index (χ0n) is 17.8. The van der Waals surface area contributed by atoms with Crippen LogP contribution in [0, 0.1) is 5.82 Å². The molecule has 0 amide bonds. The van der Waals surface area contributed by atoms with E-state index < -0.39 is 34.4 Å². The molecule has 2 heterocycles. The van der Waals surface area contributed by atoms with Crippen LogP contribution in [-0.4, -0.2) is 35.9 Å². The van der Waals surface area contributed by atoms with Crippen molar-refractivity contribution in [3.8, 4) is 16.9 Å². The first-order valence-corrected chi connectivity index (χ1v) is 12.3. The first-order valence-electron chi connectivity index (χ1n) is 10.4. The monoisotopic (exact) mass is 488 g/mol. The summed E-state index contributed by atoms with van der Waals surface area (Å²) in [4.78, 5) is 4.50. The van der Waals surface area contributed by atoms with E-state index in [4.69, 9.17) is 0 Å². The highest BCUT2D eigenvalue weighted by molar-refractivity contribution is 7.90. The number of para-hydroxylation sites is 1. The van der Waals surface area contributed by atoms with Gasteiger partial charge in [-0.15, -0.1) is 0 Å². The molecule has 34 heavy (non-hydrogen) atoms. The summed E-state index contributed by atoms with van der Waals surface area (Å²) in [5.41, 5.74) is 1.93. The summed E-state index contributed by atoms with van der Waals surface area (Å²) in [6.45, 7) is -3.01. The molecule has 176 valence electrons. The number of hydrogen-bond acceptors (Lipinski definition) is 5. The van der Waals surface area contributed by atoms with Crippen LogP contribution in [0.1, 0.15) is 30.0 Å². The molecule has 1 N–H and O–H groups in total. The number of imidazole rings is 1. The number of benzene rings is 3. The Bertz CT molecular complexity index is 1500. The Morgan fingerprint density at radius 3 is 2.50 bits per heavy atom. The molecule has 0 bridgehead atoms. The highest BCUT2D eigenvalue weighted by Gasteiger charge is 2.36. The third-order valence-corrected chi connectivity index (χ3v) is 7.08. The number of alkyl halides is 2. The fourth-order valence-corrected chi connectivity index (χ4v) is 5.08. The average Bonchev–Trinajstić information content (AvgIpc) is 3.29. The van der Waals surface area contributed by atoms with Crippen LogP contribution in [0.15, 0.2) is 65.6 Å². The number of aliphatic hydroxyl groups excluding tert-OH is 1. The third-order valence-electron chi connectivity index (χ3n) is 5.95. The predicted octanol–water partition coefficient (Wildman–Crippen LogP) is 4.87. The van der Waals surface area contributed by atoms with Gasteiger partial charge in [0.25, 0.3) is 0 Å². The number of aromatic nitrogens is 2. The van der Waals surface area contributed by atoms with Gasteiger partial charge in [0.1, 0.15) is 23.5 Å². The molecule has 4 aromatic rings. The van der Waals surface area contributed by atoms with E-state index in [1.54, 1.807) is 28.8 Å². The molecule has 0 saturated heterocycles. The van der Waals surface area contributed by atoms with Gasteiger partial charge in [0, 0.05) is 29.9 Å². The standard InChI is InChI=1S/C24H19F3N2O4S/c1-34(31,32)14-8-6-13(7-9-14)16-10-20-18(11-17(16)25)28-23-21(30)12-19(29(20)23)15-4-2-3-5-22(15)33-24(26)27/h2-11,19,21,24,30H,12H2,1H3/t19-,21?/m0/s1. The van der Waals surface area contributed by atoms with Crippen LogP contribution in [0.4, 0.5) is 13.2 Å². The lowest BCUT2D eigenvalue weighted by Gasteiger charge is -2.19. The van der Waals surface area contributed by atoms with Crippen molar-refractivity contribution < 1.29 is 31.4 Å². The van der Waals surface area contributed by atoms with E-state index in [0.29, 0.717) is 28.0 Å². The second-order valence-corrected chi connectivity index (χ2v) is 10.2. The van der Waals surface area contributed by atoms with Crippen LogP contribution >= 0.6 is 0 Å². The summed E-state index contributed by atoms with van der Waals surface area (Å²) in [6.07, 6.45) is 0.306. The minimum Gasteiger partial charge on any atom is -0.434 e. The van der Waals surface area contributed by atoms with Crippen LogP contribution in [-0.2, 0) is 9.84 Å². The SMILES string of the molecule is CS(=O)(=O)c1ccc(-c2cc3c(cc2F)nc2n3[C@H](c3ccccc3OC(F)F)CC2O)cc1. The second kappa shape index (κ2) is 8.14. The molecule has 0 aliphatic carbocycles. The summed E-state index contributed by atoms with van der Waals surface area (Å²) < 4.78 is 70.8. The fourth-order valence-electron chi connectivity index (χ4n) is 4.45. The summed E-state index contributed by atoms with van der Waals surface area (Å²) in [6, 6.07) is 14.4. The van der Waals surface area contributed by atoms with Crippen LogP contribution in [0.2, 0.25) is 0 Å². The van der Waals surface area contributed by atoms with Crippen molar-refractivity contribution in [3.63, 3.8) is 0 Å². The summed E-state index contributed by atoms with van der Waals surface area (Å²) in [7, 11) is -3.40. The average molecular weight is 488 g/mol. The molecule has 1 aliphatic rings. The zero-order chi connectivity index (χ0) is 24.2. The molecular formula is C24H19F3N2O4S.